The average molecular weight is 285 g/mol. The van der Waals surface area contributed by atoms with Crippen molar-refractivity contribution < 1.29 is 14.2 Å². The van der Waals surface area contributed by atoms with Crippen LogP contribution < -0.4 is 19.9 Å². The maximum atomic E-state index is 6.12. The molecule has 1 aliphatic heterocycles. The number of para-hydroxylation sites is 1. The Hall–Kier alpha value is -2.20. The van der Waals surface area contributed by atoms with Crippen molar-refractivity contribution in [2.45, 2.75) is 26.0 Å². The van der Waals surface area contributed by atoms with Crippen molar-refractivity contribution in [2.75, 3.05) is 6.79 Å². The number of fused-ring (bicyclic) bond motifs is 1. The first-order valence-electron chi connectivity index (χ1n) is 7.13. The molecule has 1 unspecified atom stereocenters. The molecule has 0 spiro atoms. The highest BCUT2D eigenvalue weighted by Gasteiger charge is 2.14. The van der Waals surface area contributed by atoms with Crippen molar-refractivity contribution in [1.29, 1.82) is 0 Å². The summed E-state index contributed by atoms with van der Waals surface area (Å²) in [6.07, 6.45) is 0.879. The van der Waals surface area contributed by atoms with E-state index in [2.05, 4.69) is 6.92 Å². The lowest BCUT2D eigenvalue weighted by Gasteiger charge is -2.15. The molecule has 110 valence electrons. The summed E-state index contributed by atoms with van der Waals surface area (Å²) in [5.41, 5.74) is 8.20. The molecular weight excluding hydrogens is 266 g/mol. The van der Waals surface area contributed by atoms with Crippen molar-refractivity contribution in [3.05, 3.63) is 53.6 Å². The summed E-state index contributed by atoms with van der Waals surface area (Å²) in [5, 5.41) is 0. The second-order valence-corrected chi connectivity index (χ2v) is 5.03. The van der Waals surface area contributed by atoms with Crippen molar-refractivity contribution >= 4 is 0 Å². The predicted octanol–water partition coefficient (Wildman–Crippen LogP) is 3.40. The number of ether oxygens (including phenoxy) is 3. The van der Waals surface area contributed by atoms with Gasteiger partial charge in [0.2, 0.25) is 6.79 Å². The lowest BCUT2D eigenvalue weighted by molar-refractivity contribution is 0.174. The van der Waals surface area contributed by atoms with Crippen LogP contribution in [0, 0.1) is 0 Å². The maximum absolute atomic E-state index is 6.12. The quantitative estimate of drug-likeness (QED) is 0.914. The highest BCUT2D eigenvalue weighted by molar-refractivity contribution is 5.44. The molecular formula is C17H19NO3. The second kappa shape index (κ2) is 6.06. The molecule has 4 nitrogen and oxygen atoms in total. The molecule has 0 saturated carbocycles. The van der Waals surface area contributed by atoms with E-state index in [0.29, 0.717) is 6.61 Å². The topological polar surface area (TPSA) is 53.7 Å². The van der Waals surface area contributed by atoms with Crippen molar-refractivity contribution in [3.8, 4) is 17.2 Å². The number of benzene rings is 2. The Kier molecular flexibility index (Phi) is 3.97. The van der Waals surface area contributed by atoms with Crippen LogP contribution in [-0.4, -0.2) is 6.79 Å². The lowest BCUT2D eigenvalue weighted by Crippen LogP contribution is -2.10. The van der Waals surface area contributed by atoms with Crippen LogP contribution >= 0.6 is 0 Å². The van der Waals surface area contributed by atoms with Gasteiger partial charge in [-0.3, -0.25) is 0 Å². The Labute approximate surface area is 124 Å². The zero-order valence-corrected chi connectivity index (χ0v) is 12.0. The van der Waals surface area contributed by atoms with Gasteiger partial charge in [-0.15, -0.1) is 0 Å². The van der Waals surface area contributed by atoms with E-state index in [0.717, 1.165) is 34.8 Å². The van der Waals surface area contributed by atoms with Crippen molar-refractivity contribution in [1.82, 2.24) is 0 Å². The molecule has 0 bridgehead atoms. The molecule has 0 fully saturated rings. The molecule has 1 heterocycles. The minimum atomic E-state index is -0.00189. The van der Waals surface area contributed by atoms with E-state index in [1.807, 2.05) is 42.5 Å². The maximum Gasteiger partial charge on any atom is 0.231 e. The third-order valence-electron chi connectivity index (χ3n) is 3.59. The van der Waals surface area contributed by atoms with Gasteiger partial charge in [-0.1, -0.05) is 31.2 Å². The molecule has 21 heavy (non-hydrogen) atoms. The smallest absolute Gasteiger partial charge is 0.231 e. The molecule has 2 aromatic rings. The molecule has 0 radical (unpaired) electrons. The van der Waals surface area contributed by atoms with Gasteiger partial charge in [-0.2, -0.15) is 0 Å². The Balaban J connectivity index is 1.73. The number of rotatable bonds is 5. The Morgan fingerprint density at radius 1 is 1.14 bits per heavy atom. The minimum absolute atomic E-state index is 0.00189. The number of hydrogen-bond donors (Lipinski definition) is 1. The minimum Gasteiger partial charge on any atom is -0.489 e. The van der Waals surface area contributed by atoms with Crippen LogP contribution in [-0.2, 0) is 6.61 Å². The first kappa shape index (κ1) is 13.8. The van der Waals surface area contributed by atoms with Crippen LogP contribution in [0.3, 0.4) is 0 Å². The molecule has 0 aromatic heterocycles. The summed E-state index contributed by atoms with van der Waals surface area (Å²) in [6.45, 7) is 2.83. The fourth-order valence-electron chi connectivity index (χ4n) is 2.33. The third kappa shape index (κ3) is 2.95. The fraction of sp³-hybridized carbons (Fsp3) is 0.294. The fourth-order valence-corrected chi connectivity index (χ4v) is 2.33. The van der Waals surface area contributed by atoms with Gasteiger partial charge in [-0.25, -0.2) is 0 Å². The molecule has 1 aliphatic rings. The van der Waals surface area contributed by atoms with E-state index in [9.17, 15) is 0 Å². The van der Waals surface area contributed by atoms with Crippen LogP contribution in [0.4, 0.5) is 0 Å². The van der Waals surface area contributed by atoms with Crippen molar-refractivity contribution in [2.24, 2.45) is 5.73 Å². The molecule has 0 amide bonds. The predicted molar refractivity (Wildman–Crippen MR) is 80.6 cm³/mol. The summed E-state index contributed by atoms with van der Waals surface area (Å²) in [7, 11) is 0. The molecule has 0 aliphatic carbocycles. The Morgan fingerprint density at radius 3 is 2.81 bits per heavy atom. The summed E-state index contributed by atoms with van der Waals surface area (Å²) >= 11 is 0. The Bertz CT molecular complexity index is 627. The molecule has 3 rings (SSSR count). The van der Waals surface area contributed by atoms with Crippen LogP contribution in [0.2, 0.25) is 0 Å². The summed E-state index contributed by atoms with van der Waals surface area (Å²) in [5.74, 6) is 2.39. The largest absolute Gasteiger partial charge is 0.489 e. The lowest BCUT2D eigenvalue weighted by atomic mass is 10.0. The monoisotopic (exact) mass is 285 g/mol. The molecule has 2 aromatic carbocycles. The van der Waals surface area contributed by atoms with E-state index in [-0.39, 0.29) is 12.8 Å². The first-order valence-corrected chi connectivity index (χ1v) is 7.13. The normalized spacial score (nSPS) is 14.0. The van der Waals surface area contributed by atoms with Crippen LogP contribution in [0.15, 0.2) is 42.5 Å². The van der Waals surface area contributed by atoms with E-state index in [1.54, 1.807) is 0 Å². The highest BCUT2D eigenvalue weighted by Crippen LogP contribution is 2.33. The zero-order chi connectivity index (χ0) is 14.7. The average Bonchev–Trinajstić information content (AvgIpc) is 3.00. The highest BCUT2D eigenvalue weighted by atomic mass is 16.7. The third-order valence-corrected chi connectivity index (χ3v) is 3.59. The second-order valence-electron chi connectivity index (χ2n) is 5.03. The van der Waals surface area contributed by atoms with Gasteiger partial charge in [0, 0.05) is 11.6 Å². The van der Waals surface area contributed by atoms with Gasteiger partial charge in [0.25, 0.3) is 0 Å². The van der Waals surface area contributed by atoms with E-state index in [4.69, 9.17) is 19.9 Å². The standard InChI is InChI=1S/C17H19NO3/c1-2-14(18)13-5-3-4-6-15(13)19-10-12-7-8-16-17(9-12)21-11-20-16/h3-9,14H,2,10-11,18H2,1H3. The van der Waals surface area contributed by atoms with Gasteiger partial charge in [0.15, 0.2) is 11.5 Å². The van der Waals surface area contributed by atoms with E-state index < -0.39 is 0 Å². The van der Waals surface area contributed by atoms with Crippen LogP contribution in [0.1, 0.15) is 30.5 Å². The summed E-state index contributed by atoms with van der Waals surface area (Å²) in [4.78, 5) is 0. The van der Waals surface area contributed by atoms with Crippen LogP contribution in [0.25, 0.3) is 0 Å². The molecule has 4 heteroatoms. The molecule has 2 N–H and O–H groups in total. The summed E-state index contributed by atoms with van der Waals surface area (Å²) < 4.78 is 16.6. The zero-order valence-electron chi connectivity index (χ0n) is 12.0. The van der Waals surface area contributed by atoms with Crippen molar-refractivity contribution in [3.63, 3.8) is 0 Å². The van der Waals surface area contributed by atoms with Gasteiger partial charge in [0.1, 0.15) is 12.4 Å². The first-order chi connectivity index (χ1) is 10.3. The molecule has 1 atom stereocenters. The number of hydrogen-bond acceptors (Lipinski definition) is 4. The van der Waals surface area contributed by atoms with Gasteiger partial charge in [0.05, 0.1) is 0 Å². The van der Waals surface area contributed by atoms with E-state index in [1.165, 1.54) is 0 Å². The number of nitrogens with two attached hydrogens (primary N) is 1. The molecule has 0 saturated heterocycles. The van der Waals surface area contributed by atoms with Gasteiger partial charge >= 0.3 is 0 Å². The SMILES string of the molecule is CCC(N)c1ccccc1OCc1ccc2c(c1)OCO2. The van der Waals surface area contributed by atoms with Gasteiger partial charge in [-0.05, 0) is 30.2 Å². The van der Waals surface area contributed by atoms with Gasteiger partial charge < -0.3 is 19.9 Å². The summed E-state index contributed by atoms with van der Waals surface area (Å²) in [6, 6.07) is 13.8. The Morgan fingerprint density at radius 2 is 1.95 bits per heavy atom. The van der Waals surface area contributed by atoms with E-state index >= 15 is 0 Å². The van der Waals surface area contributed by atoms with Crippen LogP contribution in [0.5, 0.6) is 17.2 Å².